The van der Waals surface area contributed by atoms with Crippen molar-refractivity contribution in [2.24, 2.45) is 0 Å². The van der Waals surface area contributed by atoms with Crippen molar-refractivity contribution >= 4 is 11.9 Å². The minimum Gasteiger partial charge on any atom is -0.447 e. The fourth-order valence-corrected chi connectivity index (χ4v) is 2.32. The number of hydrogen-bond acceptors (Lipinski definition) is 4. The first kappa shape index (κ1) is 16.0. The minimum atomic E-state index is -0.701. The van der Waals surface area contributed by atoms with E-state index in [0.717, 1.165) is 12.2 Å². The van der Waals surface area contributed by atoms with Crippen LogP contribution < -0.4 is 0 Å². The van der Waals surface area contributed by atoms with Crippen molar-refractivity contribution in [2.75, 3.05) is 0 Å². The fraction of sp³-hybridized carbons (Fsp3) is 0.333. The Hall–Kier alpha value is -2.36. The lowest BCUT2D eigenvalue weighted by Crippen LogP contribution is -2.29. The highest BCUT2D eigenvalue weighted by Gasteiger charge is 2.29. The lowest BCUT2D eigenvalue weighted by molar-refractivity contribution is -0.148. The Morgan fingerprint density at radius 3 is 1.36 bits per heavy atom. The van der Waals surface area contributed by atoms with Crippen molar-refractivity contribution in [1.82, 2.24) is 0 Å². The molecule has 116 valence electrons. The summed E-state index contributed by atoms with van der Waals surface area (Å²) in [5, 5.41) is 0. The molecule has 0 atom stereocenters. The monoisotopic (exact) mass is 300 g/mol. The maximum absolute atomic E-state index is 11.8. The molecule has 0 amide bonds. The third kappa shape index (κ3) is 3.64. The molecular formula is C18H20O4. The molecule has 2 rings (SSSR count). The van der Waals surface area contributed by atoms with Gasteiger partial charge in [-0.05, 0) is 37.1 Å². The fourth-order valence-electron chi connectivity index (χ4n) is 2.32. The topological polar surface area (TPSA) is 52.6 Å². The molecule has 0 aromatic heterocycles. The highest BCUT2D eigenvalue weighted by molar-refractivity contribution is 5.92. The Labute approximate surface area is 130 Å². The zero-order valence-corrected chi connectivity index (χ0v) is 12.8. The summed E-state index contributed by atoms with van der Waals surface area (Å²) in [6, 6.07) is 0. The molecule has 2 aliphatic rings. The van der Waals surface area contributed by atoms with Gasteiger partial charge in [0.1, 0.15) is 11.2 Å². The van der Waals surface area contributed by atoms with Crippen molar-refractivity contribution in [2.45, 2.75) is 37.9 Å². The van der Waals surface area contributed by atoms with Crippen LogP contribution in [0.3, 0.4) is 0 Å². The highest BCUT2D eigenvalue weighted by atomic mass is 16.6. The molecule has 0 bridgehead atoms. The summed E-state index contributed by atoms with van der Waals surface area (Å²) in [7, 11) is 0. The second kappa shape index (κ2) is 6.60. The predicted octanol–water partition coefficient (Wildman–Crippen LogP) is 3.18. The van der Waals surface area contributed by atoms with Crippen LogP contribution in [0.2, 0.25) is 0 Å². The second-order valence-electron chi connectivity index (χ2n) is 5.23. The van der Waals surface area contributed by atoms with Crippen LogP contribution in [0.25, 0.3) is 0 Å². The zero-order valence-electron chi connectivity index (χ0n) is 12.8. The van der Waals surface area contributed by atoms with Gasteiger partial charge in [0.15, 0.2) is 0 Å². The molecule has 0 unspecified atom stereocenters. The molecule has 0 saturated heterocycles. The van der Waals surface area contributed by atoms with Crippen LogP contribution in [0.1, 0.15) is 26.7 Å². The van der Waals surface area contributed by atoms with Gasteiger partial charge in [0.2, 0.25) is 0 Å². The van der Waals surface area contributed by atoms with Gasteiger partial charge >= 0.3 is 11.9 Å². The Balaban J connectivity index is 1.91. The predicted molar refractivity (Wildman–Crippen MR) is 83.9 cm³/mol. The molecule has 0 radical (unpaired) electrons. The lowest BCUT2D eigenvalue weighted by Gasteiger charge is -2.23. The van der Waals surface area contributed by atoms with Gasteiger partial charge in [-0.15, -0.1) is 0 Å². The van der Waals surface area contributed by atoms with Gasteiger partial charge in [0.25, 0.3) is 0 Å². The number of rotatable bonds is 6. The van der Waals surface area contributed by atoms with Crippen LogP contribution >= 0.6 is 0 Å². The third-order valence-corrected chi connectivity index (χ3v) is 3.78. The number of ether oxygens (including phenoxy) is 2. The normalized spacial score (nSPS) is 19.9. The van der Waals surface area contributed by atoms with E-state index in [1.807, 2.05) is 62.5 Å². The Morgan fingerprint density at radius 1 is 0.773 bits per heavy atom. The summed E-state index contributed by atoms with van der Waals surface area (Å²) in [6.45, 7) is 3.85. The second-order valence-corrected chi connectivity index (χ2v) is 5.23. The van der Waals surface area contributed by atoms with E-state index in [-0.39, 0.29) is 0 Å². The summed E-state index contributed by atoms with van der Waals surface area (Å²) < 4.78 is 10.8. The first-order valence-electron chi connectivity index (χ1n) is 7.41. The van der Waals surface area contributed by atoms with E-state index in [0.29, 0.717) is 12.8 Å². The van der Waals surface area contributed by atoms with Crippen molar-refractivity contribution in [3.05, 3.63) is 60.8 Å². The van der Waals surface area contributed by atoms with E-state index in [1.165, 1.54) is 0 Å². The Morgan fingerprint density at radius 2 is 1.09 bits per heavy atom. The van der Waals surface area contributed by atoms with E-state index in [1.54, 1.807) is 0 Å². The quantitative estimate of drug-likeness (QED) is 0.558. The SMILES string of the molecule is CCC1(OC(=O)/C=C/C(=O)OC2(CC)C=CC=C2)C=CC=C1. The van der Waals surface area contributed by atoms with Crippen molar-refractivity contribution < 1.29 is 19.1 Å². The van der Waals surface area contributed by atoms with Gasteiger partial charge in [0, 0.05) is 12.2 Å². The van der Waals surface area contributed by atoms with E-state index < -0.39 is 23.1 Å². The molecule has 0 aromatic rings. The summed E-state index contributed by atoms with van der Waals surface area (Å²) >= 11 is 0. The van der Waals surface area contributed by atoms with Crippen LogP contribution in [0.5, 0.6) is 0 Å². The van der Waals surface area contributed by atoms with Gasteiger partial charge in [-0.2, -0.15) is 0 Å². The first-order chi connectivity index (χ1) is 10.5. The maximum Gasteiger partial charge on any atom is 0.332 e. The van der Waals surface area contributed by atoms with Crippen LogP contribution in [0.15, 0.2) is 60.8 Å². The van der Waals surface area contributed by atoms with Gasteiger partial charge in [-0.3, -0.25) is 0 Å². The van der Waals surface area contributed by atoms with Gasteiger partial charge < -0.3 is 9.47 Å². The van der Waals surface area contributed by atoms with Gasteiger partial charge in [-0.1, -0.05) is 38.2 Å². The molecule has 22 heavy (non-hydrogen) atoms. The molecule has 0 aromatic carbocycles. The number of hydrogen-bond donors (Lipinski definition) is 0. The van der Waals surface area contributed by atoms with E-state index >= 15 is 0 Å². The number of carbonyl (C=O) groups excluding carboxylic acids is 2. The molecule has 0 N–H and O–H groups in total. The van der Waals surface area contributed by atoms with Gasteiger partial charge in [0.05, 0.1) is 0 Å². The molecule has 4 heteroatoms. The minimum absolute atomic E-state index is 0.571. The zero-order chi connectivity index (χ0) is 16.1. The van der Waals surface area contributed by atoms with Gasteiger partial charge in [-0.25, -0.2) is 9.59 Å². The van der Waals surface area contributed by atoms with E-state index in [4.69, 9.17) is 9.47 Å². The molecule has 0 spiro atoms. The van der Waals surface area contributed by atoms with E-state index in [9.17, 15) is 9.59 Å². The van der Waals surface area contributed by atoms with Crippen LogP contribution in [-0.4, -0.2) is 23.1 Å². The summed E-state index contributed by atoms with van der Waals surface area (Å²) in [5.74, 6) is -1.14. The molecule has 4 nitrogen and oxygen atoms in total. The average Bonchev–Trinajstić information content (AvgIpc) is 3.16. The highest BCUT2D eigenvalue weighted by Crippen LogP contribution is 2.25. The summed E-state index contributed by atoms with van der Waals surface area (Å²) in [5.41, 5.74) is -1.40. The van der Waals surface area contributed by atoms with Crippen molar-refractivity contribution in [1.29, 1.82) is 0 Å². The number of allylic oxidation sites excluding steroid dienone is 4. The first-order valence-corrected chi connectivity index (χ1v) is 7.41. The lowest BCUT2D eigenvalue weighted by atomic mass is 10.0. The summed E-state index contributed by atoms with van der Waals surface area (Å²) in [4.78, 5) is 23.7. The van der Waals surface area contributed by atoms with Crippen molar-refractivity contribution in [3.8, 4) is 0 Å². The largest absolute Gasteiger partial charge is 0.447 e. The molecule has 0 saturated carbocycles. The standard InChI is InChI=1S/C18H20O4/c1-3-17(11-5-6-12-17)21-15(19)9-10-16(20)22-18(4-2)13-7-8-14-18/h5-14H,3-4H2,1-2H3/b10-9+. The molecule has 0 aliphatic heterocycles. The molecule has 2 aliphatic carbocycles. The number of esters is 2. The smallest absolute Gasteiger partial charge is 0.332 e. The summed E-state index contributed by atoms with van der Waals surface area (Å²) in [6.07, 6.45) is 18.1. The third-order valence-electron chi connectivity index (χ3n) is 3.78. The molecule has 0 heterocycles. The maximum atomic E-state index is 11.8. The van der Waals surface area contributed by atoms with Crippen LogP contribution in [0.4, 0.5) is 0 Å². The number of carbonyl (C=O) groups is 2. The van der Waals surface area contributed by atoms with Crippen molar-refractivity contribution in [3.63, 3.8) is 0 Å². The Bertz CT molecular complexity index is 514. The van der Waals surface area contributed by atoms with Crippen LogP contribution in [-0.2, 0) is 19.1 Å². The Kier molecular flexibility index (Phi) is 4.81. The van der Waals surface area contributed by atoms with Crippen LogP contribution in [0, 0.1) is 0 Å². The van der Waals surface area contributed by atoms with E-state index in [2.05, 4.69) is 0 Å². The molecular weight excluding hydrogens is 280 g/mol. The average molecular weight is 300 g/mol. The molecule has 0 fully saturated rings.